The van der Waals surface area contributed by atoms with E-state index in [1.807, 2.05) is 0 Å². The molecule has 106 valence electrons. The second kappa shape index (κ2) is 7.47. The lowest BCUT2D eigenvalue weighted by atomic mass is 10.2. The molecule has 0 aliphatic heterocycles. The van der Waals surface area contributed by atoms with Crippen LogP contribution in [-0.2, 0) is 32.0 Å². The van der Waals surface area contributed by atoms with Gasteiger partial charge in [-0.3, -0.25) is 4.79 Å². The van der Waals surface area contributed by atoms with E-state index in [-0.39, 0.29) is 12.1 Å². The number of carbonyl (C=O) groups is 2. The summed E-state index contributed by atoms with van der Waals surface area (Å²) in [5.74, 6) is -1.10. The molecular weight excluding hydrogens is 254 g/mol. The number of esters is 2. The van der Waals surface area contributed by atoms with Crippen LogP contribution >= 0.6 is 0 Å². The second-order valence-electron chi connectivity index (χ2n) is 3.70. The van der Waals surface area contributed by atoms with E-state index in [9.17, 15) is 9.59 Å². The van der Waals surface area contributed by atoms with Crippen molar-refractivity contribution in [3.8, 4) is 0 Å². The first kappa shape index (κ1) is 15.1. The number of nitrogens with zero attached hydrogens (tertiary/aromatic N) is 3. The molecule has 1 rings (SSSR count). The highest BCUT2D eigenvalue weighted by Gasteiger charge is 2.22. The molecule has 0 saturated heterocycles. The van der Waals surface area contributed by atoms with Gasteiger partial charge >= 0.3 is 11.9 Å². The van der Waals surface area contributed by atoms with Crippen LogP contribution in [0.5, 0.6) is 0 Å². The molecule has 0 aliphatic rings. The zero-order valence-electron chi connectivity index (χ0n) is 11.2. The Labute approximate surface area is 110 Å². The van der Waals surface area contributed by atoms with Crippen LogP contribution in [0.3, 0.4) is 0 Å². The van der Waals surface area contributed by atoms with Gasteiger partial charge in [0.1, 0.15) is 0 Å². The molecule has 0 amide bonds. The highest BCUT2D eigenvalue weighted by Crippen LogP contribution is 2.09. The first-order chi connectivity index (χ1) is 9.13. The van der Waals surface area contributed by atoms with Crippen molar-refractivity contribution in [2.75, 3.05) is 27.9 Å². The minimum Gasteiger partial charge on any atom is -0.469 e. The van der Waals surface area contributed by atoms with Gasteiger partial charge in [0, 0.05) is 20.3 Å². The predicted molar refractivity (Wildman–Crippen MR) is 63.6 cm³/mol. The van der Waals surface area contributed by atoms with Crippen molar-refractivity contribution in [2.24, 2.45) is 0 Å². The minimum absolute atomic E-state index is 0.0327. The third-order valence-corrected chi connectivity index (χ3v) is 2.47. The van der Waals surface area contributed by atoms with E-state index in [1.165, 1.54) is 18.9 Å². The molecule has 0 fully saturated rings. The number of carbonyl (C=O) groups excluding carboxylic acids is 2. The maximum atomic E-state index is 11.5. The summed E-state index contributed by atoms with van der Waals surface area (Å²) in [6, 6.07) is 0. The van der Waals surface area contributed by atoms with Gasteiger partial charge in [0.15, 0.2) is 5.69 Å². The van der Waals surface area contributed by atoms with Crippen molar-refractivity contribution in [1.82, 2.24) is 15.0 Å². The van der Waals surface area contributed by atoms with E-state index >= 15 is 0 Å². The summed E-state index contributed by atoms with van der Waals surface area (Å²) in [5.41, 5.74) is 0.417. The number of rotatable bonds is 7. The lowest BCUT2D eigenvalue weighted by Crippen LogP contribution is -2.15. The number of hydrogen-bond donors (Lipinski definition) is 0. The van der Waals surface area contributed by atoms with Gasteiger partial charge in [-0.05, 0) is 6.42 Å². The maximum Gasteiger partial charge on any atom is 0.360 e. The lowest BCUT2D eigenvalue weighted by Gasteiger charge is -2.06. The minimum atomic E-state index is -0.628. The second-order valence-corrected chi connectivity index (χ2v) is 3.70. The zero-order valence-corrected chi connectivity index (χ0v) is 11.2. The average molecular weight is 271 g/mol. The third kappa shape index (κ3) is 4.02. The van der Waals surface area contributed by atoms with E-state index in [1.54, 1.807) is 7.11 Å². The predicted octanol–water partition coefficient (Wildman–Crippen LogP) is -0.183. The van der Waals surface area contributed by atoms with Crippen molar-refractivity contribution < 1.29 is 23.8 Å². The highest BCUT2D eigenvalue weighted by atomic mass is 16.5. The quantitative estimate of drug-likeness (QED) is 0.501. The molecule has 1 aromatic rings. The lowest BCUT2D eigenvalue weighted by molar-refractivity contribution is -0.139. The average Bonchev–Trinajstić information content (AvgIpc) is 2.81. The fourth-order valence-electron chi connectivity index (χ4n) is 1.51. The maximum absolute atomic E-state index is 11.5. The summed E-state index contributed by atoms with van der Waals surface area (Å²) in [6.45, 7) is 1.04. The number of aryl methyl sites for hydroxylation is 1. The fraction of sp³-hybridized carbons (Fsp3) is 0.636. The molecule has 1 heterocycles. The zero-order chi connectivity index (χ0) is 14.3. The number of aromatic nitrogens is 3. The van der Waals surface area contributed by atoms with Gasteiger partial charge in [0.25, 0.3) is 0 Å². The standard InChI is InChI=1S/C11H17N3O5/c1-17-6-4-5-14-8(7-9(15)18-2)10(12-13-14)11(16)19-3/h4-7H2,1-3H3. The Bertz CT molecular complexity index is 444. The molecule has 0 radical (unpaired) electrons. The van der Waals surface area contributed by atoms with E-state index in [0.717, 1.165) is 0 Å². The van der Waals surface area contributed by atoms with Crippen LogP contribution in [-0.4, -0.2) is 54.9 Å². The van der Waals surface area contributed by atoms with Gasteiger partial charge in [0.05, 0.1) is 26.3 Å². The van der Waals surface area contributed by atoms with E-state index < -0.39 is 11.9 Å². The molecule has 8 heteroatoms. The van der Waals surface area contributed by atoms with Crippen LogP contribution in [0.1, 0.15) is 22.6 Å². The first-order valence-electron chi connectivity index (χ1n) is 5.70. The number of methoxy groups -OCH3 is 3. The Morgan fingerprint density at radius 2 is 1.95 bits per heavy atom. The van der Waals surface area contributed by atoms with Crippen molar-refractivity contribution in [3.05, 3.63) is 11.4 Å². The van der Waals surface area contributed by atoms with Crippen LogP contribution in [0.15, 0.2) is 0 Å². The van der Waals surface area contributed by atoms with Gasteiger partial charge in [-0.2, -0.15) is 0 Å². The van der Waals surface area contributed by atoms with E-state index in [4.69, 9.17) is 4.74 Å². The SMILES string of the molecule is COCCCn1nnc(C(=O)OC)c1CC(=O)OC. The van der Waals surface area contributed by atoms with Crippen molar-refractivity contribution in [3.63, 3.8) is 0 Å². The summed E-state index contributed by atoms with van der Waals surface area (Å²) >= 11 is 0. The largest absolute Gasteiger partial charge is 0.469 e. The van der Waals surface area contributed by atoms with Gasteiger partial charge in [-0.15, -0.1) is 5.10 Å². The Morgan fingerprint density at radius 1 is 1.21 bits per heavy atom. The Balaban J connectivity index is 2.92. The summed E-state index contributed by atoms with van der Waals surface area (Å²) in [5, 5.41) is 7.59. The van der Waals surface area contributed by atoms with E-state index in [2.05, 4.69) is 19.8 Å². The molecule has 0 atom stereocenters. The summed E-state index contributed by atoms with van der Waals surface area (Å²) in [7, 11) is 4.12. The van der Waals surface area contributed by atoms with E-state index in [0.29, 0.717) is 25.3 Å². The molecule has 0 aliphatic carbocycles. The van der Waals surface area contributed by atoms with Crippen LogP contribution in [0.4, 0.5) is 0 Å². The van der Waals surface area contributed by atoms with Crippen LogP contribution in [0.25, 0.3) is 0 Å². The smallest absolute Gasteiger partial charge is 0.360 e. The van der Waals surface area contributed by atoms with Crippen molar-refractivity contribution in [2.45, 2.75) is 19.4 Å². The molecule has 0 saturated carbocycles. The molecule has 1 aromatic heterocycles. The van der Waals surface area contributed by atoms with Crippen molar-refractivity contribution in [1.29, 1.82) is 0 Å². The molecule has 8 nitrogen and oxygen atoms in total. The molecule has 19 heavy (non-hydrogen) atoms. The summed E-state index contributed by atoms with van der Waals surface area (Å²) < 4.78 is 15.6. The topological polar surface area (TPSA) is 92.5 Å². The molecular formula is C11H17N3O5. The van der Waals surface area contributed by atoms with Crippen LogP contribution < -0.4 is 0 Å². The number of hydrogen-bond acceptors (Lipinski definition) is 7. The summed E-state index contributed by atoms with van der Waals surface area (Å²) in [4.78, 5) is 22.9. The van der Waals surface area contributed by atoms with Crippen LogP contribution in [0, 0.1) is 0 Å². The summed E-state index contributed by atoms with van der Waals surface area (Å²) in [6.07, 6.45) is 0.607. The Hall–Kier alpha value is -1.96. The first-order valence-corrected chi connectivity index (χ1v) is 5.70. The normalized spacial score (nSPS) is 10.3. The van der Waals surface area contributed by atoms with Crippen molar-refractivity contribution >= 4 is 11.9 Å². The highest BCUT2D eigenvalue weighted by molar-refractivity contribution is 5.89. The van der Waals surface area contributed by atoms with Gasteiger partial charge in [-0.25, -0.2) is 9.48 Å². The molecule has 0 N–H and O–H groups in total. The third-order valence-electron chi connectivity index (χ3n) is 2.47. The van der Waals surface area contributed by atoms with Gasteiger partial charge in [-0.1, -0.05) is 5.21 Å². The Morgan fingerprint density at radius 3 is 2.53 bits per heavy atom. The van der Waals surface area contributed by atoms with Gasteiger partial charge < -0.3 is 14.2 Å². The molecule has 0 unspecified atom stereocenters. The van der Waals surface area contributed by atoms with Crippen LogP contribution in [0.2, 0.25) is 0 Å². The fourth-order valence-corrected chi connectivity index (χ4v) is 1.51. The molecule has 0 spiro atoms. The molecule has 0 bridgehead atoms. The monoisotopic (exact) mass is 271 g/mol. The number of ether oxygens (including phenoxy) is 3. The Kier molecular flexibility index (Phi) is 5.94. The van der Waals surface area contributed by atoms with Gasteiger partial charge in [0.2, 0.25) is 0 Å². The molecule has 0 aromatic carbocycles.